The normalized spacial score (nSPS) is 19.6. The number of aromatic nitrogens is 2. The fourth-order valence-electron chi connectivity index (χ4n) is 2.11. The molecule has 0 aliphatic carbocycles. The zero-order chi connectivity index (χ0) is 13.8. The summed E-state index contributed by atoms with van der Waals surface area (Å²) in [5, 5.41) is 0.479. The van der Waals surface area contributed by atoms with Crippen LogP contribution in [0.3, 0.4) is 0 Å². The van der Waals surface area contributed by atoms with E-state index in [1.54, 1.807) is 0 Å². The Kier molecular flexibility index (Phi) is 4.58. The third kappa shape index (κ3) is 3.80. The SMILES string of the molecule is CC(C)C(=O)N1CCCC(Oc2ncc(Cl)cn2)C1. The second-order valence-electron chi connectivity index (χ2n) is 5.00. The number of likely N-dealkylation sites (tertiary alicyclic amines) is 1. The number of carbonyl (C=O) groups is 1. The van der Waals surface area contributed by atoms with E-state index in [1.807, 2.05) is 18.7 Å². The summed E-state index contributed by atoms with van der Waals surface area (Å²) in [6.45, 7) is 5.23. The molecule has 1 aromatic heterocycles. The zero-order valence-electron chi connectivity index (χ0n) is 11.2. The zero-order valence-corrected chi connectivity index (χ0v) is 11.9. The standard InChI is InChI=1S/C13H18ClN3O2/c1-9(2)12(18)17-5-3-4-11(8-17)19-13-15-6-10(14)7-16-13/h6-7,9,11H,3-5,8H2,1-2H3. The van der Waals surface area contributed by atoms with Gasteiger partial charge in [-0.3, -0.25) is 4.79 Å². The third-order valence-electron chi connectivity index (χ3n) is 3.05. The second kappa shape index (κ2) is 6.19. The Morgan fingerprint density at radius 3 is 2.79 bits per heavy atom. The van der Waals surface area contributed by atoms with Gasteiger partial charge in [0.25, 0.3) is 0 Å². The summed E-state index contributed by atoms with van der Waals surface area (Å²) in [6, 6.07) is 0.313. The summed E-state index contributed by atoms with van der Waals surface area (Å²) < 4.78 is 5.70. The van der Waals surface area contributed by atoms with Crippen LogP contribution in [0.25, 0.3) is 0 Å². The highest BCUT2D eigenvalue weighted by Gasteiger charge is 2.26. The van der Waals surface area contributed by atoms with Gasteiger partial charge >= 0.3 is 6.01 Å². The Morgan fingerprint density at radius 1 is 1.47 bits per heavy atom. The van der Waals surface area contributed by atoms with Gasteiger partial charge in [0, 0.05) is 12.5 Å². The monoisotopic (exact) mass is 283 g/mol. The summed E-state index contributed by atoms with van der Waals surface area (Å²) in [5.41, 5.74) is 0. The van der Waals surface area contributed by atoms with Crippen molar-refractivity contribution >= 4 is 17.5 Å². The minimum atomic E-state index is -0.0439. The van der Waals surface area contributed by atoms with E-state index in [4.69, 9.17) is 16.3 Å². The van der Waals surface area contributed by atoms with Gasteiger partial charge in [0.1, 0.15) is 6.10 Å². The largest absolute Gasteiger partial charge is 0.458 e. The summed E-state index contributed by atoms with van der Waals surface area (Å²) in [6.07, 6.45) is 4.82. The number of nitrogens with zero attached hydrogens (tertiary/aromatic N) is 3. The molecule has 1 aliphatic heterocycles. The van der Waals surface area contributed by atoms with Crippen LogP contribution in [0.15, 0.2) is 12.4 Å². The van der Waals surface area contributed by atoms with Gasteiger partial charge < -0.3 is 9.64 Å². The molecule has 0 radical (unpaired) electrons. The smallest absolute Gasteiger partial charge is 0.316 e. The fraction of sp³-hybridized carbons (Fsp3) is 0.615. The predicted octanol–water partition coefficient (Wildman–Crippen LogP) is 2.16. The van der Waals surface area contributed by atoms with Crippen molar-refractivity contribution < 1.29 is 9.53 Å². The fourth-order valence-corrected chi connectivity index (χ4v) is 2.21. The van der Waals surface area contributed by atoms with Crippen LogP contribution >= 0.6 is 11.6 Å². The highest BCUT2D eigenvalue weighted by atomic mass is 35.5. The van der Waals surface area contributed by atoms with Crippen LogP contribution in [0.5, 0.6) is 6.01 Å². The van der Waals surface area contributed by atoms with Gasteiger partial charge in [0.05, 0.1) is 24.0 Å². The van der Waals surface area contributed by atoms with Gasteiger partial charge in [-0.25, -0.2) is 9.97 Å². The lowest BCUT2D eigenvalue weighted by Crippen LogP contribution is -2.46. The number of ether oxygens (including phenoxy) is 1. The average Bonchev–Trinajstić information content (AvgIpc) is 2.41. The molecular weight excluding hydrogens is 266 g/mol. The Morgan fingerprint density at radius 2 is 2.16 bits per heavy atom. The number of hydrogen-bond acceptors (Lipinski definition) is 4. The topological polar surface area (TPSA) is 55.3 Å². The molecule has 1 aromatic rings. The molecule has 1 unspecified atom stereocenters. The van der Waals surface area contributed by atoms with Crippen molar-refractivity contribution in [3.05, 3.63) is 17.4 Å². The van der Waals surface area contributed by atoms with Crippen molar-refractivity contribution in [1.82, 2.24) is 14.9 Å². The molecule has 2 heterocycles. The third-order valence-corrected chi connectivity index (χ3v) is 3.25. The van der Waals surface area contributed by atoms with Gasteiger partial charge in [0.15, 0.2) is 0 Å². The van der Waals surface area contributed by atoms with Crippen LogP contribution in [0.1, 0.15) is 26.7 Å². The van der Waals surface area contributed by atoms with Gasteiger partial charge in [-0.05, 0) is 12.8 Å². The second-order valence-corrected chi connectivity index (χ2v) is 5.44. The van der Waals surface area contributed by atoms with Gasteiger partial charge in [-0.2, -0.15) is 0 Å². The van der Waals surface area contributed by atoms with Crippen LogP contribution < -0.4 is 4.74 Å². The number of hydrogen-bond donors (Lipinski definition) is 0. The average molecular weight is 284 g/mol. The van der Waals surface area contributed by atoms with E-state index < -0.39 is 0 Å². The maximum absolute atomic E-state index is 12.0. The van der Waals surface area contributed by atoms with Crippen molar-refractivity contribution in [3.63, 3.8) is 0 Å². The lowest BCUT2D eigenvalue weighted by atomic mass is 10.1. The molecule has 1 atom stereocenters. The molecule has 1 aliphatic rings. The molecule has 104 valence electrons. The maximum Gasteiger partial charge on any atom is 0.316 e. The minimum Gasteiger partial charge on any atom is -0.458 e. The number of halogens is 1. The molecule has 1 amide bonds. The van der Waals surface area contributed by atoms with Crippen molar-refractivity contribution in [1.29, 1.82) is 0 Å². The van der Waals surface area contributed by atoms with E-state index in [2.05, 4.69) is 9.97 Å². The first-order valence-electron chi connectivity index (χ1n) is 6.49. The number of carbonyl (C=O) groups excluding carboxylic acids is 1. The highest BCUT2D eigenvalue weighted by molar-refractivity contribution is 6.30. The van der Waals surface area contributed by atoms with Crippen molar-refractivity contribution in [2.75, 3.05) is 13.1 Å². The summed E-state index contributed by atoms with van der Waals surface area (Å²) in [4.78, 5) is 21.8. The van der Waals surface area contributed by atoms with Crippen LogP contribution in [0.2, 0.25) is 5.02 Å². The minimum absolute atomic E-state index is 0.0190. The maximum atomic E-state index is 12.0. The number of rotatable bonds is 3. The lowest BCUT2D eigenvalue weighted by Gasteiger charge is -2.33. The molecule has 19 heavy (non-hydrogen) atoms. The molecule has 0 saturated carbocycles. The summed E-state index contributed by atoms with van der Waals surface area (Å²) >= 11 is 5.72. The molecule has 0 bridgehead atoms. The van der Waals surface area contributed by atoms with Gasteiger partial charge in [0.2, 0.25) is 5.91 Å². The Balaban J connectivity index is 1.94. The molecule has 0 N–H and O–H groups in total. The molecule has 1 saturated heterocycles. The Hall–Kier alpha value is -1.36. The Bertz CT molecular complexity index is 436. The summed E-state index contributed by atoms with van der Waals surface area (Å²) in [7, 11) is 0. The van der Waals surface area contributed by atoms with E-state index >= 15 is 0 Å². The van der Waals surface area contributed by atoms with Crippen molar-refractivity contribution in [3.8, 4) is 6.01 Å². The molecular formula is C13H18ClN3O2. The molecule has 0 aromatic carbocycles. The van der Waals surface area contributed by atoms with Crippen LogP contribution in [0, 0.1) is 5.92 Å². The number of piperidine rings is 1. The first-order valence-corrected chi connectivity index (χ1v) is 6.87. The lowest BCUT2D eigenvalue weighted by molar-refractivity contribution is -0.137. The predicted molar refractivity (Wildman–Crippen MR) is 72.1 cm³/mol. The highest BCUT2D eigenvalue weighted by Crippen LogP contribution is 2.17. The van der Waals surface area contributed by atoms with Gasteiger partial charge in [-0.1, -0.05) is 25.4 Å². The van der Waals surface area contributed by atoms with Crippen molar-refractivity contribution in [2.45, 2.75) is 32.8 Å². The molecule has 2 rings (SSSR count). The number of amides is 1. The van der Waals surface area contributed by atoms with E-state index in [9.17, 15) is 4.79 Å². The van der Waals surface area contributed by atoms with E-state index in [-0.39, 0.29) is 17.9 Å². The van der Waals surface area contributed by atoms with Crippen LogP contribution in [-0.4, -0.2) is 40.0 Å². The molecule has 0 spiro atoms. The quantitative estimate of drug-likeness (QED) is 0.853. The first-order chi connectivity index (χ1) is 9.06. The van der Waals surface area contributed by atoms with Crippen LogP contribution in [0.4, 0.5) is 0 Å². The van der Waals surface area contributed by atoms with Crippen molar-refractivity contribution in [2.24, 2.45) is 5.92 Å². The Labute approximate surface area is 117 Å². The first kappa shape index (κ1) is 14.1. The molecule has 5 nitrogen and oxygen atoms in total. The van der Waals surface area contributed by atoms with Gasteiger partial charge in [-0.15, -0.1) is 0 Å². The summed E-state index contributed by atoms with van der Waals surface area (Å²) in [5.74, 6) is 0.191. The molecule has 6 heteroatoms. The van der Waals surface area contributed by atoms with Crippen LogP contribution in [-0.2, 0) is 4.79 Å². The van der Waals surface area contributed by atoms with E-state index in [0.717, 1.165) is 19.4 Å². The van der Waals surface area contributed by atoms with E-state index in [0.29, 0.717) is 17.6 Å². The van der Waals surface area contributed by atoms with E-state index in [1.165, 1.54) is 12.4 Å². The molecule has 1 fully saturated rings.